The molecule has 2 atom stereocenters. The first kappa shape index (κ1) is 12.9. The van der Waals surface area contributed by atoms with Crippen molar-refractivity contribution in [3.63, 3.8) is 0 Å². The number of nitrogens with two attached hydrogens (primary N) is 1. The van der Waals surface area contributed by atoms with Crippen LogP contribution in [0.15, 0.2) is 24.1 Å². The molecule has 1 aliphatic heterocycles. The minimum atomic E-state index is -0.432. The molecule has 1 amide bonds. The van der Waals surface area contributed by atoms with E-state index in [1.807, 2.05) is 16.2 Å². The van der Waals surface area contributed by atoms with Crippen LogP contribution in [-0.2, 0) is 11.2 Å². The zero-order valence-electron chi connectivity index (χ0n) is 11.0. The largest absolute Gasteiger partial charge is 0.334 e. The first-order valence-corrected chi connectivity index (χ1v) is 7.83. The molecule has 1 aliphatic carbocycles. The lowest BCUT2D eigenvalue weighted by Gasteiger charge is -2.37. The zero-order chi connectivity index (χ0) is 13.4. The molecular formula is C15H20N2OS. The second kappa shape index (κ2) is 5.10. The summed E-state index contributed by atoms with van der Waals surface area (Å²) >= 11 is 1.82. The van der Waals surface area contributed by atoms with Crippen molar-refractivity contribution in [2.45, 2.75) is 37.8 Å². The predicted octanol–water partition coefficient (Wildman–Crippen LogP) is 2.49. The normalized spacial score (nSPS) is 23.8. The minimum absolute atomic E-state index is 0.0913. The number of hydrogen-bond acceptors (Lipinski definition) is 3. The van der Waals surface area contributed by atoms with E-state index < -0.39 is 6.04 Å². The van der Waals surface area contributed by atoms with Gasteiger partial charge in [-0.05, 0) is 48.6 Å². The highest BCUT2D eigenvalue weighted by Crippen LogP contribution is 2.48. The Bertz CT molecular complexity index is 492. The lowest BCUT2D eigenvalue weighted by molar-refractivity contribution is -0.136. The molecule has 0 bridgehead atoms. The van der Waals surface area contributed by atoms with E-state index in [0.29, 0.717) is 12.3 Å². The maximum atomic E-state index is 12.5. The van der Waals surface area contributed by atoms with Crippen LogP contribution < -0.4 is 5.73 Å². The fraction of sp³-hybridized carbons (Fsp3) is 0.533. The molecule has 1 saturated carbocycles. The highest BCUT2D eigenvalue weighted by atomic mass is 32.1. The Morgan fingerprint density at radius 1 is 1.63 bits per heavy atom. The monoisotopic (exact) mass is 276 g/mol. The molecule has 2 aliphatic rings. The highest BCUT2D eigenvalue weighted by Gasteiger charge is 2.42. The average Bonchev–Trinajstić information content (AvgIpc) is 3.13. The van der Waals surface area contributed by atoms with E-state index in [4.69, 9.17) is 5.73 Å². The summed E-state index contributed by atoms with van der Waals surface area (Å²) in [5.41, 5.74) is 7.35. The van der Waals surface area contributed by atoms with Gasteiger partial charge in [0.25, 0.3) is 0 Å². The average molecular weight is 276 g/mol. The number of fused-ring (bicyclic) bond motifs is 1. The Hall–Kier alpha value is -1.13. The van der Waals surface area contributed by atoms with Crippen molar-refractivity contribution in [3.05, 3.63) is 34.5 Å². The van der Waals surface area contributed by atoms with E-state index in [2.05, 4.69) is 18.0 Å². The molecule has 2 N–H and O–H groups in total. The third-order valence-corrected chi connectivity index (χ3v) is 5.10. The SMILES string of the molecule is C=CCC(N)C(=O)N1CCc2sccc2C1C1CC1. The molecule has 2 unspecified atom stereocenters. The number of carbonyl (C=O) groups excluding carboxylic acids is 1. The number of carbonyl (C=O) groups is 1. The van der Waals surface area contributed by atoms with E-state index in [-0.39, 0.29) is 11.9 Å². The van der Waals surface area contributed by atoms with Crippen molar-refractivity contribution in [2.75, 3.05) is 6.54 Å². The molecule has 2 heterocycles. The molecule has 102 valence electrons. The van der Waals surface area contributed by atoms with Crippen LogP contribution in [0.1, 0.15) is 35.7 Å². The molecule has 1 fully saturated rings. The Morgan fingerprint density at radius 3 is 3.11 bits per heavy atom. The van der Waals surface area contributed by atoms with Crippen LogP contribution in [0.2, 0.25) is 0 Å². The molecule has 1 aromatic heterocycles. The van der Waals surface area contributed by atoms with Crippen molar-refractivity contribution >= 4 is 17.2 Å². The fourth-order valence-electron chi connectivity index (χ4n) is 3.01. The van der Waals surface area contributed by atoms with Crippen molar-refractivity contribution in [2.24, 2.45) is 11.7 Å². The van der Waals surface area contributed by atoms with Gasteiger partial charge in [0.1, 0.15) is 0 Å². The Morgan fingerprint density at radius 2 is 2.42 bits per heavy atom. The molecule has 0 saturated heterocycles. The third kappa shape index (κ3) is 2.35. The minimum Gasteiger partial charge on any atom is -0.334 e. The van der Waals surface area contributed by atoms with Gasteiger partial charge in [0, 0.05) is 11.4 Å². The molecule has 19 heavy (non-hydrogen) atoms. The maximum Gasteiger partial charge on any atom is 0.240 e. The highest BCUT2D eigenvalue weighted by molar-refractivity contribution is 7.10. The second-order valence-corrected chi connectivity index (χ2v) is 6.49. The summed E-state index contributed by atoms with van der Waals surface area (Å²) in [6, 6.07) is 2.04. The van der Waals surface area contributed by atoms with Crippen molar-refractivity contribution in [3.8, 4) is 0 Å². The number of nitrogens with zero attached hydrogens (tertiary/aromatic N) is 1. The van der Waals surface area contributed by atoms with Crippen LogP contribution in [0.3, 0.4) is 0 Å². The number of thiophene rings is 1. The van der Waals surface area contributed by atoms with Gasteiger partial charge < -0.3 is 10.6 Å². The maximum absolute atomic E-state index is 12.5. The van der Waals surface area contributed by atoms with Gasteiger partial charge in [0.2, 0.25) is 5.91 Å². The third-order valence-electron chi connectivity index (χ3n) is 4.10. The Kier molecular flexibility index (Phi) is 3.46. The molecule has 0 aromatic carbocycles. The summed E-state index contributed by atoms with van der Waals surface area (Å²) < 4.78 is 0. The number of rotatable bonds is 4. The predicted molar refractivity (Wildman–Crippen MR) is 78.0 cm³/mol. The van der Waals surface area contributed by atoms with Crippen LogP contribution in [0.5, 0.6) is 0 Å². The quantitative estimate of drug-likeness (QED) is 0.859. The number of hydrogen-bond donors (Lipinski definition) is 1. The summed E-state index contributed by atoms with van der Waals surface area (Å²) in [6.07, 6.45) is 5.74. The topological polar surface area (TPSA) is 46.3 Å². The Labute approximate surface area is 118 Å². The van der Waals surface area contributed by atoms with Crippen LogP contribution in [0.25, 0.3) is 0 Å². The summed E-state index contributed by atoms with van der Waals surface area (Å²) in [5, 5.41) is 2.15. The van der Waals surface area contributed by atoms with Gasteiger partial charge in [-0.25, -0.2) is 0 Å². The summed E-state index contributed by atoms with van der Waals surface area (Å²) in [6.45, 7) is 4.49. The van der Waals surface area contributed by atoms with Crippen molar-refractivity contribution in [1.82, 2.24) is 4.90 Å². The fourth-order valence-corrected chi connectivity index (χ4v) is 3.92. The van der Waals surface area contributed by atoms with E-state index in [1.54, 1.807) is 6.08 Å². The van der Waals surface area contributed by atoms with Crippen LogP contribution >= 0.6 is 11.3 Å². The molecule has 1 aromatic rings. The van der Waals surface area contributed by atoms with E-state index in [9.17, 15) is 4.79 Å². The van der Waals surface area contributed by atoms with Gasteiger partial charge >= 0.3 is 0 Å². The lowest BCUT2D eigenvalue weighted by atomic mass is 9.95. The van der Waals surface area contributed by atoms with E-state index in [1.165, 1.54) is 23.3 Å². The van der Waals surface area contributed by atoms with Gasteiger partial charge in [-0.2, -0.15) is 0 Å². The molecule has 0 spiro atoms. The smallest absolute Gasteiger partial charge is 0.240 e. The van der Waals surface area contributed by atoms with E-state index >= 15 is 0 Å². The second-order valence-electron chi connectivity index (χ2n) is 5.49. The molecule has 0 radical (unpaired) electrons. The standard InChI is InChI=1S/C15H20N2OS/c1-2-3-12(16)15(18)17-8-6-13-11(7-9-19-13)14(17)10-4-5-10/h2,7,9-10,12,14H,1,3-6,8,16H2. The lowest BCUT2D eigenvalue weighted by Crippen LogP contribution is -2.48. The van der Waals surface area contributed by atoms with Gasteiger partial charge in [-0.15, -0.1) is 17.9 Å². The molecular weight excluding hydrogens is 256 g/mol. The van der Waals surface area contributed by atoms with Crippen LogP contribution in [-0.4, -0.2) is 23.4 Å². The van der Waals surface area contributed by atoms with Gasteiger partial charge in [0.15, 0.2) is 0 Å². The molecule has 3 rings (SSSR count). The van der Waals surface area contributed by atoms with Crippen molar-refractivity contribution < 1.29 is 4.79 Å². The van der Waals surface area contributed by atoms with Crippen molar-refractivity contribution in [1.29, 1.82) is 0 Å². The zero-order valence-corrected chi connectivity index (χ0v) is 11.9. The number of amides is 1. The first-order chi connectivity index (χ1) is 9.22. The summed E-state index contributed by atoms with van der Waals surface area (Å²) in [7, 11) is 0. The van der Waals surface area contributed by atoms with Gasteiger partial charge in [-0.1, -0.05) is 6.08 Å². The molecule has 4 heteroatoms. The van der Waals surface area contributed by atoms with Gasteiger partial charge in [-0.3, -0.25) is 4.79 Å². The molecule has 3 nitrogen and oxygen atoms in total. The van der Waals surface area contributed by atoms with E-state index in [0.717, 1.165) is 13.0 Å². The van der Waals surface area contributed by atoms with Gasteiger partial charge in [0.05, 0.1) is 12.1 Å². The first-order valence-electron chi connectivity index (χ1n) is 6.95. The van der Waals surface area contributed by atoms with Crippen LogP contribution in [0.4, 0.5) is 0 Å². The van der Waals surface area contributed by atoms with Crippen LogP contribution in [0, 0.1) is 5.92 Å². The summed E-state index contributed by atoms with van der Waals surface area (Å²) in [5.74, 6) is 0.738. The summed E-state index contributed by atoms with van der Waals surface area (Å²) in [4.78, 5) is 16.0. The Balaban J connectivity index is 1.85.